The highest BCUT2D eigenvalue weighted by Gasteiger charge is 2.66. The van der Waals surface area contributed by atoms with Crippen LogP contribution < -0.4 is 0 Å². The molecule has 0 heterocycles. The quantitative estimate of drug-likeness (QED) is 0.0753. The first kappa shape index (κ1) is 32.1. The second-order valence-corrected chi connectivity index (χ2v) is 28.6. The molecule has 0 heteroatoms. The zero-order chi connectivity index (χ0) is 46.4. The third kappa shape index (κ3) is 1.95. The average molecular weight is 947 g/mol. The van der Waals surface area contributed by atoms with Crippen LogP contribution in [0.15, 0.2) is 0 Å². The second kappa shape index (κ2) is 8.04. The molecule has 0 aliphatic heterocycles. The Bertz CT molecular complexity index is 6830. The van der Waals surface area contributed by atoms with Gasteiger partial charge in [0.25, 0.3) is 0 Å². The van der Waals surface area contributed by atoms with Gasteiger partial charge >= 0.3 is 0 Å². The zero-order valence-electron chi connectivity index (χ0n) is 41.9. The summed E-state index contributed by atoms with van der Waals surface area (Å²) in [4.78, 5) is 0. The van der Waals surface area contributed by atoms with Crippen LogP contribution in [-0.4, -0.2) is 0 Å². The molecule has 76 heavy (non-hydrogen) atoms. The van der Waals surface area contributed by atoms with E-state index in [1.54, 1.807) is 280 Å². The van der Waals surface area contributed by atoms with Gasteiger partial charge < -0.3 is 0 Å². The third-order valence-electron chi connectivity index (χ3n) is 27.4. The first-order valence-corrected chi connectivity index (χ1v) is 30.6. The highest BCUT2D eigenvalue weighted by Crippen LogP contribution is 2.85. The van der Waals surface area contributed by atoms with Crippen LogP contribution in [-0.2, 0) is 10.8 Å². The molecule has 2 unspecified atom stereocenters. The zero-order valence-corrected chi connectivity index (χ0v) is 41.9. The summed E-state index contributed by atoms with van der Waals surface area (Å²) >= 11 is 0. The molecular weight excluding hydrogens is 913 g/mol. The lowest BCUT2D eigenvalue weighted by Gasteiger charge is -2.49. The molecule has 32 rings (SSSR count). The van der Waals surface area contributed by atoms with Crippen molar-refractivity contribution in [2.24, 2.45) is 0 Å². The summed E-state index contributed by atoms with van der Waals surface area (Å²) in [6.07, 6.45) is 18.8. The van der Waals surface area contributed by atoms with Crippen molar-refractivity contribution >= 4 is 280 Å². The topological polar surface area (TPSA) is 0 Å². The van der Waals surface area contributed by atoms with E-state index in [4.69, 9.17) is 0 Å². The lowest BCUT2D eigenvalue weighted by atomic mass is 9.52. The van der Waals surface area contributed by atoms with Gasteiger partial charge in [0, 0.05) is 10.8 Å². The smallest absolute Gasteiger partial charge is 0.0483 e. The molecule has 0 N–H and O–H groups in total. The predicted molar refractivity (Wildman–Crippen MR) is 328 cm³/mol. The molecule has 0 nitrogen and oxygen atoms in total. The minimum absolute atomic E-state index is 0.142. The number of unbranched alkanes of at least 4 members (excludes halogenated alkanes) is 10. The Labute approximate surface area is 425 Å². The fraction of sp³-hybridized carbons (Fsp3) is 0.237. The number of rotatable bonds is 14. The molecule has 27 aromatic carbocycles. The van der Waals surface area contributed by atoms with E-state index in [-0.39, 0.29) is 10.8 Å². The monoisotopic (exact) mass is 946 g/mol. The van der Waals surface area contributed by atoms with Crippen molar-refractivity contribution in [3.63, 3.8) is 0 Å². The summed E-state index contributed by atoms with van der Waals surface area (Å²) < 4.78 is 0. The maximum Gasteiger partial charge on any atom is 0.0483 e. The fourth-order valence-corrected chi connectivity index (χ4v) is 26.7. The molecule has 5 aliphatic carbocycles. The van der Waals surface area contributed by atoms with Gasteiger partial charge in [-0.1, -0.05) is 90.9 Å². The molecular formula is C76H34. The van der Waals surface area contributed by atoms with Crippen LogP contribution in [0.25, 0.3) is 280 Å². The van der Waals surface area contributed by atoms with Crippen molar-refractivity contribution in [3.8, 4) is 0 Å². The molecule has 2 atom stereocenters. The van der Waals surface area contributed by atoms with E-state index in [1.165, 1.54) is 89.9 Å². The van der Waals surface area contributed by atoms with E-state index >= 15 is 0 Å². The molecule has 0 saturated carbocycles. The lowest BCUT2D eigenvalue weighted by molar-refractivity contribution is 0.453. The molecule has 0 fully saturated rings. The Balaban J connectivity index is 1.04. The van der Waals surface area contributed by atoms with E-state index in [1.807, 2.05) is 33.4 Å². The number of hydrogen-bond donors (Lipinski definition) is 0. The Kier molecular flexibility index (Phi) is 3.40. The highest BCUT2D eigenvalue weighted by atomic mass is 14.7. The minimum atomic E-state index is -0.142. The Morgan fingerprint density at radius 3 is 0.487 bits per heavy atom. The summed E-state index contributed by atoms with van der Waals surface area (Å²) in [6.45, 7) is 4.80. The molecule has 27 aromatic rings. The van der Waals surface area contributed by atoms with E-state index < -0.39 is 0 Å². The van der Waals surface area contributed by atoms with Crippen LogP contribution in [0.5, 0.6) is 0 Å². The van der Waals surface area contributed by atoms with Gasteiger partial charge in [0.05, 0.1) is 0 Å². The minimum Gasteiger partial charge on any atom is -0.0654 e. The molecule has 0 aromatic heterocycles. The van der Waals surface area contributed by atoms with E-state index in [0.717, 1.165) is 0 Å². The summed E-state index contributed by atoms with van der Waals surface area (Å²) in [5.74, 6) is 0. The van der Waals surface area contributed by atoms with Crippen molar-refractivity contribution in [1.82, 2.24) is 0 Å². The van der Waals surface area contributed by atoms with Crippen molar-refractivity contribution in [1.29, 1.82) is 0 Å². The molecule has 0 radical (unpaired) electrons. The van der Waals surface area contributed by atoms with Crippen LogP contribution in [0.3, 0.4) is 0 Å². The van der Waals surface area contributed by atoms with Gasteiger partial charge in [-0.05, 0) is 326 Å². The maximum absolute atomic E-state index is 2.40. The largest absolute Gasteiger partial charge is 0.0654 e. The van der Waals surface area contributed by atoms with Crippen LogP contribution in [0.2, 0.25) is 0 Å². The summed E-state index contributed by atoms with van der Waals surface area (Å²) in [5.41, 5.74) is 11.0. The number of benzene rings is 17. The molecule has 338 valence electrons. The van der Waals surface area contributed by atoms with Gasteiger partial charge in [0.2, 0.25) is 0 Å². The summed E-state index contributed by atoms with van der Waals surface area (Å²) in [5, 5.41) is 89.6. The standard InChI is InChI=1S/C76H34/c1-3-5-7-9-11-13-15-75-69-61-52-45-32-25-19-20-22-18-17-21(19)30(32)36-34-23(17)27-24(18)35-37-31(22)33-26(20)29-28(25)39-47-40(29)49-46(33)53-51(37)55-42(35)44-38(27)43-41(34)54(50(36)52)65(69)67-56(43)57(44)68-66(55)70-62(53)59(49)64-60(47)63(58(61)48(39)45)71(75)72(64)76(70,74(68)73(67)75)16-14-12-10-8-6-4-2/h3-16H2,1-2H3. The van der Waals surface area contributed by atoms with Crippen LogP contribution in [0.4, 0.5) is 0 Å². The molecule has 0 spiro atoms. The third-order valence-corrected chi connectivity index (χ3v) is 27.4. The van der Waals surface area contributed by atoms with Crippen LogP contribution in [0, 0.1) is 0 Å². The first-order valence-electron chi connectivity index (χ1n) is 30.6. The second-order valence-electron chi connectivity index (χ2n) is 28.6. The van der Waals surface area contributed by atoms with Gasteiger partial charge in [-0.3, -0.25) is 0 Å². The van der Waals surface area contributed by atoms with Crippen LogP contribution in [0.1, 0.15) is 137 Å². The molecule has 0 amide bonds. The highest BCUT2D eigenvalue weighted by molar-refractivity contribution is 6.81. The normalized spacial score (nSPS) is 21.1. The maximum atomic E-state index is 2.40. The SMILES string of the molecule is CCCCCCCCC12c3c4c5c6c7c8c9c%10c(c1c1c%11c2c2c%12c3c5c3c5c%12c%12c2c2c%11c%11c%13c1c%10c1c%10c9c9c7c7c6c3c3c5c5c%12c6c2c%11c2c(c%131)c1c%10c9c9c7c3c3c9c1c2c6c53)C48CCCCCCCC. The predicted octanol–water partition coefficient (Wildman–Crippen LogP) is 22.5. The Hall–Kier alpha value is -7.54. The van der Waals surface area contributed by atoms with E-state index in [0.29, 0.717) is 0 Å². The van der Waals surface area contributed by atoms with Crippen molar-refractivity contribution < 1.29 is 0 Å². The Morgan fingerprint density at radius 1 is 0.145 bits per heavy atom. The van der Waals surface area contributed by atoms with E-state index in [9.17, 15) is 0 Å². The fourth-order valence-electron chi connectivity index (χ4n) is 26.7. The van der Waals surface area contributed by atoms with Crippen molar-refractivity contribution in [2.45, 2.75) is 115 Å². The van der Waals surface area contributed by atoms with Gasteiger partial charge in [0.15, 0.2) is 0 Å². The molecule has 5 aliphatic rings. The Morgan fingerprint density at radius 2 is 0.276 bits per heavy atom. The molecule has 0 saturated heterocycles. The lowest BCUT2D eigenvalue weighted by Crippen LogP contribution is -2.42. The first-order chi connectivity index (χ1) is 37.9. The molecule has 0 bridgehead atoms. The van der Waals surface area contributed by atoms with Gasteiger partial charge in [0.1, 0.15) is 0 Å². The van der Waals surface area contributed by atoms with E-state index in [2.05, 4.69) is 13.8 Å². The van der Waals surface area contributed by atoms with Gasteiger partial charge in [-0.2, -0.15) is 0 Å². The summed E-state index contributed by atoms with van der Waals surface area (Å²) in [6, 6.07) is 0. The van der Waals surface area contributed by atoms with Gasteiger partial charge in [-0.15, -0.1) is 0 Å². The average Bonchev–Trinajstić information content (AvgIpc) is 1.79. The van der Waals surface area contributed by atoms with Crippen LogP contribution >= 0.6 is 0 Å². The van der Waals surface area contributed by atoms with Crippen molar-refractivity contribution in [3.05, 3.63) is 33.4 Å². The van der Waals surface area contributed by atoms with Gasteiger partial charge in [-0.25, -0.2) is 0 Å². The summed E-state index contributed by atoms with van der Waals surface area (Å²) in [7, 11) is 0. The number of hydrogen-bond acceptors (Lipinski definition) is 0. The van der Waals surface area contributed by atoms with Crippen molar-refractivity contribution in [2.75, 3.05) is 0 Å².